The molecule has 1 aliphatic carbocycles. The van der Waals surface area contributed by atoms with Gasteiger partial charge in [0.15, 0.2) is 0 Å². The first kappa shape index (κ1) is 18.8. The lowest BCUT2D eigenvalue weighted by atomic mass is 9.70. The third kappa shape index (κ3) is 4.78. The molecular formula is C25H31B. The minimum atomic E-state index is 0.793. The van der Waals surface area contributed by atoms with Crippen LogP contribution in [0.1, 0.15) is 51.5 Å². The molecule has 134 valence electrons. The standard InChI is InChI=1S/C25H31B/c1-3-20(10-9-19(2)21-15-17-25(26)18-16-21)23-11-13-24(14-12-23)22-7-5-4-6-8-22/h4-14,21,25H,3,15-18,26H2,1-2H3/b19-9+,20-10+. The van der Waals surface area contributed by atoms with Gasteiger partial charge in [-0.05, 0) is 54.4 Å². The van der Waals surface area contributed by atoms with Gasteiger partial charge in [-0.25, -0.2) is 0 Å². The van der Waals surface area contributed by atoms with E-state index in [1.54, 1.807) is 5.57 Å². The first-order valence-corrected chi connectivity index (χ1v) is 10.2. The molecule has 3 rings (SSSR count). The van der Waals surface area contributed by atoms with Crippen LogP contribution in [-0.2, 0) is 0 Å². The van der Waals surface area contributed by atoms with E-state index in [0.717, 1.165) is 18.2 Å². The molecule has 0 heterocycles. The first-order chi connectivity index (χ1) is 12.7. The third-order valence-corrected chi connectivity index (χ3v) is 5.95. The number of benzene rings is 2. The van der Waals surface area contributed by atoms with Gasteiger partial charge in [0.05, 0.1) is 0 Å². The van der Waals surface area contributed by atoms with Crippen LogP contribution >= 0.6 is 0 Å². The molecule has 0 unspecified atom stereocenters. The lowest BCUT2D eigenvalue weighted by Gasteiger charge is -2.26. The molecule has 0 spiro atoms. The molecular weight excluding hydrogens is 311 g/mol. The summed E-state index contributed by atoms with van der Waals surface area (Å²) < 4.78 is 0. The van der Waals surface area contributed by atoms with Gasteiger partial charge in [0, 0.05) is 0 Å². The SMILES string of the molecule is BC1CCC(/C(C)=C/C=C(\CC)c2ccc(-c3ccccc3)cc2)CC1. The van der Waals surface area contributed by atoms with E-state index in [-0.39, 0.29) is 0 Å². The summed E-state index contributed by atoms with van der Waals surface area (Å²) in [7, 11) is 2.39. The van der Waals surface area contributed by atoms with Crippen LogP contribution < -0.4 is 0 Å². The predicted molar refractivity (Wildman–Crippen MR) is 118 cm³/mol. The van der Waals surface area contributed by atoms with Gasteiger partial charge in [-0.2, -0.15) is 0 Å². The molecule has 1 fully saturated rings. The van der Waals surface area contributed by atoms with E-state index in [2.05, 4.69) is 88.4 Å². The fraction of sp³-hybridized carbons (Fsp3) is 0.360. The van der Waals surface area contributed by atoms with Crippen molar-refractivity contribution < 1.29 is 0 Å². The molecule has 0 bridgehead atoms. The van der Waals surface area contributed by atoms with Crippen LogP contribution in [0.4, 0.5) is 0 Å². The highest BCUT2D eigenvalue weighted by atomic mass is 14.2. The summed E-state index contributed by atoms with van der Waals surface area (Å²) in [6.07, 6.45) is 11.3. The minimum Gasteiger partial charge on any atom is -0.0702 e. The van der Waals surface area contributed by atoms with Crippen molar-refractivity contribution in [3.8, 4) is 11.1 Å². The first-order valence-electron chi connectivity index (χ1n) is 10.2. The van der Waals surface area contributed by atoms with E-state index in [9.17, 15) is 0 Å². The second-order valence-electron chi connectivity index (χ2n) is 7.86. The summed E-state index contributed by atoms with van der Waals surface area (Å²) in [6, 6.07) is 19.6. The Bertz CT molecular complexity index is 745. The van der Waals surface area contributed by atoms with E-state index < -0.39 is 0 Å². The Hall–Kier alpha value is -2.02. The zero-order valence-electron chi connectivity index (χ0n) is 16.5. The molecule has 0 atom stereocenters. The van der Waals surface area contributed by atoms with Gasteiger partial charge in [0.25, 0.3) is 0 Å². The maximum absolute atomic E-state index is 2.39. The minimum absolute atomic E-state index is 0.793. The molecule has 2 aromatic rings. The Morgan fingerprint density at radius 2 is 1.50 bits per heavy atom. The van der Waals surface area contributed by atoms with Gasteiger partial charge in [0.2, 0.25) is 0 Å². The Kier molecular flexibility index (Phi) is 6.55. The van der Waals surface area contributed by atoms with Crippen molar-refractivity contribution in [2.24, 2.45) is 5.92 Å². The molecule has 0 aromatic heterocycles. The van der Waals surface area contributed by atoms with Crippen molar-refractivity contribution in [1.82, 2.24) is 0 Å². The lowest BCUT2D eigenvalue weighted by molar-refractivity contribution is 0.403. The zero-order chi connectivity index (χ0) is 18.4. The van der Waals surface area contributed by atoms with Crippen LogP contribution in [-0.4, -0.2) is 7.85 Å². The Balaban J connectivity index is 1.73. The molecule has 0 N–H and O–H groups in total. The smallest absolute Gasteiger partial charge is 0.0702 e. The lowest BCUT2D eigenvalue weighted by Crippen LogP contribution is -2.11. The number of hydrogen-bond donors (Lipinski definition) is 0. The molecule has 0 amide bonds. The van der Waals surface area contributed by atoms with E-state index in [1.807, 2.05) is 0 Å². The number of allylic oxidation sites excluding steroid dienone is 4. The summed E-state index contributed by atoms with van der Waals surface area (Å²) in [6.45, 7) is 4.57. The van der Waals surface area contributed by atoms with E-state index in [1.165, 1.54) is 47.9 Å². The maximum Gasteiger partial charge on any atom is 0.105 e. The van der Waals surface area contributed by atoms with Crippen molar-refractivity contribution in [3.05, 3.63) is 77.9 Å². The number of hydrogen-bond acceptors (Lipinski definition) is 0. The Morgan fingerprint density at radius 1 is 0.885 bits per heavy atom. The average molecular weight is 342 g/mol. The third-order valence-electron chi connectivity index (χ3n) is 5.95. The van der Waals surface area contributed by atoms with Gasteiger partial charge in [-0.1, -0.05) is 97.9 Å². The van der Waals surface area contributed by atoms with Crippen LogP contribution in [0.3, 0.4) is 0 Å². The summed E-state index contributed by atoms with van der Waals surface area (Å²) in [4.78, 5) is 0. The molecule has 0 nitrogen and oxygen atoms in total. The molecule has 2 aromatic carbocycles. The van der Waals surface area contributed by atoms with Crippen molar-refractivity contribution in [2.75, 3.05) is 0 Å². The van der Waals surface area contributed by atoms with Crippen LogP contribution in [0.2, 0.25) is 5.82 Å². The number of rotatable bonds is 5. The van der Waals surface area contributed by atoms with Crippen molar-refractivity contribution in [3.63, 3.8) is 0 Å². The van der Waals surface area contributed by atoms with Crippen molar-refractivity contribution >= 4 is 13.4 Å². The van der Waals surface area contributed by atoms with Crippen LogP contribution in [0.5, 0.6) is 0 Å². The highest BCUT2D eigenvalue weighted by Gasteiger charge is 2.18. The fourth-order valence-corrected chi connectivity index (χ4v) is 4.01. The van der Waals surface area contributed by atoms with Gasteiger partial charge >= 0.3 is 0 Å². The monoisotopic (exact) mass is 342 g/mol. The van der Waals surface area contributed by atoms with E-state index in [4.69, 9.17) is 0 Å². The van der Waals surface area contributed by atoms with Crippen LogP contribution in [0.25, 0.3) is 16.7 Å². The highest BCUT2D eigenvalue weighted by molar-refractivity contribution is 6.11. The van der Waals surface area contributed by atoms with E-state index in [0.29, 0.717) is 0 Å². The molecule has 1 saturated carbocycles. The molecule has 0 aliphatic heterocycles. The topological polar surface area (TPSA) is 0 Å². The van der Waals surface area contributed by atoms with Gasteiger partial charge < -0.3 is 0 Å². The quantitative estimate of drug-likeness (QED) is 0.419. The summed E-state index contributed by atoms with van der Waals surface area (Å²) in [5.41, 5.74) is 6.89. The summed E-state index contributed by atoms with van der Waals surface area (Å²) in [5.74, 6) is 1.71. The molecule has 0 radical (unpaired) electrons. The second-order valence-corrected chi connectivity index (χ2v) is 7.86. The highest BCUT2D eigenvalue weighted by Crippen LogP contribution is 2.34. The van der Waals surface area contributed by atoms with Crippen molar-refractivity contribution in [1.29, 1.82) is 0 Å². The Labute approximate surface area is 160 Å². The molecule has 0 saturated heterocycles. The van der Waals surface area contributed by atoms with Gasteiger partial charge in [-0.3, -0.25) is 0 Å². The zero-order valence-corrected chi connectivity index (χ0v) is 16.5. The normalized spacial score (nSPS) is 21.6. The van der Waals surface area contributed by atoms with Crippen LogP contribution in [0, 0.1) is 5.92 Å². The van der Waals surface area contributed by atoms with Crippen molar-refractivity contribution in [2.45, 2.75) is 51.8 Å². The summed E-state index contributed by atoms with van der Waals surface area (Å²) >= 11 is 0. The van der Waals surface area contributed by atoms with Gasteiger partial charge in [-0.15, -0.1) is 0 Å². The second kappa shape index (κ2) is 9.08. The molecule has 1 aliphatic rings. The van der Waals surface area contributed by atoms with E-state index >= 15 is 0 Å². The predicted octanol–water partition coefficient (Wildman–Crippen LogP) is 6.71. The fourth-order valence-electron chi connectivity index (χ4n) is 4.01. The molecule has 26 heavy (non-hydrogen) atoms. The molecule has 1 heteroatoms. The summed E-state index contributed by atoms with van der Waals surface area (Å²) in [5, 5.41) is 0. The maximum atomic E-state index is 2.39. The Morgan fingerprint density at radius 3 is 2.12 bits per heavy atom. The van der Waals surface area contributed by atoms with Gasteiger partial charge in [0.1, 0.15) is 7.85 Å². The average Bonchev–Trinajstić information content (AvgIpc) is 2.70. The largest absolute Gasteiger partial charge is 0.105 e. The van der Waals surface area contributed by atoms with Crippen LogP contribution in [0.15, 0.2) is 72.3 Å².